The molecule has 0 spiro atoms. The number of ether oxygens (including phenoxy) is 3. The van der Waals surface area contributed by atoms with Crippen LogP contribution in [0, 0.1) is 6.92 Å². The van der Waals surface area contributed by atoms with Crippen LogP contribution in [0.5, 0.6) is 0 Å². The molecule has 1 aromatic heterocycles. The highest BCUT2D eigenvalue weighted by atomic mass is 16.6. The van der Waals surface area contributed by atoms with Crippen LogP contribution >= 0.6 is 0 Å². The summed E-state index contributed by atoms with van der Waals surface area (Å²) in [6, 6.07) is 0. The number of aromatic amines is 1. The van der Waals surface area contributed by atoms with Gasteiger partial charge in [0.05, 0.1) is 0 Å². The van der Waals surface area contributed by atoms with Gasteiger partial charge in [0.1, 0.15) is 18.8 Å². The van der Waals surface area contributed by atoms with Gasteiger partial charge in [-0.05, 0) is 6.92 Å². The van der Waals surface area contributed by atoms with Crippen LogP contribution in [0.15, 0.2) is 15.8 Å². The molecule has 1 aliphatic rings. The van der Waals surface area contributed by atoms with Crippen molar-refractivity contribution >= 4 is 11.9 Å². The van der Waals surface area contributed by atoms with Crippen LogP contribution in [-0.4, -0.2) is 51.5 Å². The first kappa shape index (κ1) is 17.9. The van der Waals surface area contributed by atoms with Crippen LogP contribution in [0.2, 0.25) is 0 Å². The Labute approximate surface area is 136 Å². The minimum Gasteiger partial charge on any atom is -0.463 e. The fourth-order valence-electron chi connectivity index (χ4n) is 2.40. The van der Waals surface area contributed by atoms with Crippen LogP contribution in [0.3, 0.4) is 0 Å². The van der Waals surface area contributed by atoms with E-state index in [1.807, 2.05) is 0 Å². The molecule has 0 bridgehead atoms. The summed E-state index contributed by atoms with van der Waals surface area (Å²) < 4.78 is 16.4. The minimum absolute atomic E-state index is 0.234. The molecule has 2 rings (SSSR count). The zero-order valence-electron chi connectivity index (χ0n) is 13.3. The number of rotatable bonds is 4. The maximum Gasteiger partial charge on any atom is 0.330 e. The van der Waals surface area contributed by atoms with Crippen molar-refractivity contribution in [2.45, 2.75) is 45.3 Å². The summed E-state index contributed by atoms with van der Waals surface area (Å²) in [6.07, 6.45) is -3.47. The first-order valence-electron chi connectivity index (χ1n) is 7.17. The van der Waals surface area contributed by atoms with Crippen LogP contribution in [-0.2, 0) is 23.8 Å². The van der Waals surface area contributed by atoms with Crippen molar-refractivity contribution in [2.24, 2.45) is 0 Å². The number of hydrogen-bond acceptors (Lipinski definition) is 8. The van der Waals surface area contributed by atoms with E-state index in [4.69, 9.17) is 14.2 Å². The Hall–Kier alpha value is -2.46. The second-order valence-corrected chi connectivity index (χ2v) is 5.41. The lowest BCUT2D eigenvalue weighted by Gasteiger charge is -2.19. The largest absolute Gasteiger partial charge is 0.463 e. The molecular weight excluding hydrogens is 324 g/mol. The number of aromatic nitrogens is 2. The number of nitrogens with one attached hydrogen (secondary N) is 1. The third kappa shape index (κ3) is 3.71. The number of H-pyrrole nitrogens is 1. The molecule has 132 valence electrons. The zero-order chi connectivity index (χ0) is 18.0. The Morgan fingerprint density at radius 2 is 2.00 bits per heavy atom. The SMILES string of the molecule is CC(=O)OCC1O[C@@H](n2cc(C)c(=O)[nH]c2=O)[C@@H](O)[C@@H]1OC(C)=O. The van der Waals surface area contributed by atoms with Gasteiger partial charge >= 0.3 is 17.6 Å². The molecule has 0 amide bonds. The lowest BCUT2D eigenvalue weighted by atomic mass is 10.1. The summed E-state index contributed by atoms with van der Waals surface area (Å²) in [5.41, 5.74) is -1.11. The summed E-state index contributed by atoms with van der Waals surface area (Å²) >= 11 is 0. The third-order valence-electron chi connectivity index (χ3n) is 3.48. The minimum atomic E-state index is -1.39. The van der Waals surface area contributed by atoms with E-state index in [0.717, 1.165) is 11.5 Å². The van der Waals surface area contributed by atoms with Gasteiger partial charge in [0.15, 0.2) is 12.3 Å². The predicted molar refractivity (Wildman–Crippen MR) is 78.2 cm³/mol. The van der Waals surface area contributed by atoms with Crippen molar-refractivity contribution in [2.75, 3.05) is 6.61 Å². The maximum atomic E-state index is 11.9. The number of hydrogen-bond donors (Lipinski definition) is 2. The number of carbonyl (C=O) groups is 2. The predicted octanol–water partition coefficient (Wildman–Crippen LogP) is -1.40. The quantitative estimate of drug-likeness (QED) is 0.637. The fourth-order valence-corrected chi connectivity index (χ4v) is 2.40. The van der Waals surface area contributed by atoms with E-state index in [1.165, 1.54) is 20.0 Å². The Kier molecular flexibility index (Phi) is 5.20. The van der Waals surface area contributed by atoms with Gasteiger partial charge in [-0.25, -0.2) is 4.79 Å². The van der Waals surface area contributed by atoms with E-state index in [-0.39, 0.29) is 12.2 Å². The summed E-state index contributed by atoms with van der Waals surface area (Å²) in [5.74, 6) is -1.24. The van der Waals surface area contributed by atoms with Gasteiger partial charge in [-0.3, -0.25) is 23.9 Å². The van der Waals surface area contributed by atoms with E-state index in [1.54, 1.807) is 0 Å². The molecule has 1 aromatic rings. The fraction of sp³-hybridized carbons (Fsp3) is 0.571. The summed E-state index contributed by atoms with van der Waals surface area (Å²) in [6.45, 7) is 3.56. The van der Waals surface area contributed by atoms with Gasteiger partial charge in [-0.15, -0.1) is 0 Å². The average Bonchev–Trinajstić information content (AvgIpc) is 2.77. The molecule has 2 heterocycles. The van der Waals surface area contributed by atoms with Gasteiger partial charge in [0.2, 0.25) is 0 Å². The number of aliphatic hydroxyl groups is 1. The molecule has 10 heteroatoms. The molecule has 0 aromatic carbocycles. The van der Waals surface area contributed by atoms with Crippen LogP contribution < -0.4 is 11.2 Å². The van der Waals surface area contributed by atoms with Gasteiger partial charge in [-0.2, -0.15) is 0 Å². The Bertz CT molecular complexity index is 752. The molecule has 0 saturated carbocycles. The van der Waals surface area contributed by atoms with Crippen molar-refractivity contribution in [3.8, 4) is 0 Å². The van der Waals surface area contributed by atoms with Crippen molar-refractivity contribution in [3.05, 3.63) is 32.6 Å². The molecule has 1 aliphatic heterocycles. The Morgan fingerprint density at radius 1 is 1.33 bits per heavy atom. The summed E-state index contributed by atoms with van der Waals surface area (Å²) in [5, 5.41) is 10.4. The average molecular weight is 342 g/mol. The lowest BCUT2D eigenvalue weighted by molar-refractivity contribution is -0.157. The number of esters is 2. The molecule has 0 aliphatic carbocycles. The number of aliphatic hydroxyl groups excluding tert-OH is 1. The third-order valence-corrected chi connectivity index (χ3v) is 3.48. The first-order valence-corrected chi connectivity index (χ1v) is 7.17. The van der Waals surface area contributed by atoms with Gasteiger partial charge in [-0.1, -0.05) is 0 Å². The highest BCUT2D eigenvalue weighted by Crippen LogP contribution is 2.30. The molecule has 1 saturated heterocycles. The normalized spacial score (nSPS) is 26.2. The molecule has 24 heavy (non-hydrogen) atoms. The number of nitrogens with zero attached hydrogens (tertiary/aromatic N) is 1. The topological polar surface area (TPSA) is 137 Å². The molecule has 10 nitrogen and oxygen atoms in total. The van der Waals surface area contributed by atoms with E-state index < -0.39 is 47.7 Å². The van der Waals surface area contributed by atoms with E-state index in [0.29, 0.717) is 0 Å². The van der Waals surface area contributed by atoms with Crippen LogP contribution in [0.1, 0.15) is 25.6 Å². The van der Waals surface area contributed by atoms with E-state index >= 15 is 0 Å². The van der Waals surface area contributed by atoms with Crippen molar-refractivity contribution in [1.82, 2.24) is 9.55 Å². The smallest absolute Gasteiger partial charge is 0.330 e. The molecule has 4 atom stereocenters. The van der Waals surface area contributed by atoms with Crippen LogP contribution in [0.4, 0.5) is 0 Å². The van der Waals surface area contributed by atoms with E-state index in [9.17, 15) is 24.3 Å². The highest BCUT2D eigenvalue weighted by Gasteiger charge is 2.47. The Morgan fingerprint density at radius 3 is 2.58 bits per heavy atom. The summed E-state index contributed by atoms with van der Waals surface area (Å²) in [7, 11) is 0. The highest BCUT2D eigenvalue weighted by molar-refractivity contribution is 5.66. The van der Waals surface area contributed by atoms with Gasteiger partial charge in [0.25, 0.3) is 5.56 Å². The molecule has 0 radical (unpaired) electrons. The van der Waals surface area contributed by atoms with Gasteiger partial charge in [0, 0.05) is 25.6 Å². The number of carbonyl (C=O) groups excluding carboxylic acids is 2. The standard InChI is InChI=1S/C14H18N2O8/c1-6-4-16(14(21)15-12(6)20)13-10(19)11(23-8(3)18)9(24-13)5-22-7(2)17/h4,9-11,13,19H,5H2,1-3H3,(H,15,20,21)/t9?,10-,11+,13+/m0/s1. The summed E-state index contributed by atoms with van der Waals surface area (Å²) in [4.78, 5) is 47.7. The van der Waals surface area contributed by atoms with Gasteiger partial charge < -0.3 is 19.3 Å². The van der Waals surface area contributed by atoms with Crippen LogP contribution in [0.25, 0.3) is 0 Å². The van der Waals surface area contributed by atoms with E-state index in [2.05, 4.69) is 4.98 Å². The molecule has 1 fully saturated rings. The maximum absolute atomic E-state index is 11.9. The lowest BCUT2D eigenvalue weighted by Crippen LogP contribution is -2.40. The van der Waals surface area contributed by atoms with Crippen molar-refractivity contribution in [1.29, 1.82) is 0 Å². The molecular formula is C14H18N2O8. The second-order valence-electron chi connectivity index (χ2n) is 5.41. The monoisotopic (exact) mass is 342 g/mol. The van der Waals surface area contributed by atoms with Crippen molar-refractivity contribution < 1.29 is 28.9 Å². The number of aryl methyl sites for hydroxylation is 1. The zero-order valence-corrected chi connectivity index (χ0v) is 13.3. The molecule has 1 unspecified atom stereocenters. The second kappa shape index (κ2) is 6.97. The first-order chi connectivity index (χ1) is 11.2. The molecule has 2 N–H and O–H groups in total. The van der Waals surface area contributed by atoms with Crippen molar-refractivity contribution in [3.63, 3.8) is 0 Å². The Balaban J connectivity index is 2.33.